The smallest absolute Gasteiger partial charge is 0.253 e. The van der Waals surface area contributed by atoms with Crippen molar-refractivity contribution in [1.82, 2.24) is 9.88 Å². The standard InChI is InChI=1S/C20H20N2O2/c1-22-13-17(16-8-4-5-9-18(16)22)20(23)21-12-19-15-7-3-2-6-14(15)10-11-24-19/h2-9,13,19H,10-12H2,1H3,(H,21,23)/t19-/m1/s1. The molecule has 24 heavy (non-hydrogen) atoms. The fourth-order valence-corrected chi connectivity index (χ4v) is 3.45. The molecule has 1 amide bonds. The molecule has 1 atom stereocenters. The first-order valence-electron chi connectivity index (χ1n) is 8.25. The number of hydrogen-bond donors (Lipinski definition) is 1. The maximum absolute atomic E-state index is 12.6. The lowest BCUT2D eigenvalue weighted by Gasteiger charge is -2.26. The Labute approximate surface area is 141 Å². The number of rotatable bonds is 3. The average Bonchev–Trinajstić information content (AvgIpc) is 2.97. The fourth-order valence-electron chi connectivity index (χ4n) is 3.45. The second-order valence-corrected chi connectivity index (χ2v) is 6.19. The highest BCUT2D eigenvalue weighted by Gasteiger charge is 2.22. The van der Waals surface area contributed by atoms with Gasteiger partial charge in [0.05, 0.1) is 12.2 Å². The lowest BCUT2D eigenvalue weighted by atomic mass is 9.97. The van der Waals surface area contributed by atoms with Crippen LogP contribution in [-0.4, -0.2) is 23.6 Å². The third-order valence-corrected chi connectivity index (χ3v) is 4.68. The Morgan fingerprint density at radius 1 is 1.21 bits per heavy atom. The van der Waals surface area contributed by atoms with E-state index in [1.165, 1.54) is 11.1 Å². The van der Waals surface area contributed by atoms with Crippen LogP contribution in [-0.2, 0) is 18.2 Å². The number of ether oxygens (including phenoxy) is 1. The number of nitrogens with one attached hydrogen (secondary N) is 1. The predicted octanol–water partition coefficient (Wildman–Crippen LogP) is 3.22. The van der Waals surface area contributed by atoms with E-state index in [-0.39, 0.29) is 12.0 Å². The number of hydrogen-bond acceptors (Lipinski definition) is 2. The van der Waals surface area contributed by atoms with Crippen LogP contribution in [0.3, 0.4) is 0 Å². The van der Waals surface area contributed by atoms with Gasteiger partial charge < -0.3 is 14.6 Å². The molecule has 0 fully saturated rings. The van der Waals surface area contributed by atoms with Crippen LogP contribution in [0.2, 0.25) is 0 Å². The molecule has 1 aromatic heterocycles. The largest absolute Gasteiger partial charge is 0.371 e. The van der Waals surface area contributed by atoms with Crippen LogP contribution in [0.4, 0.5) is 0 Å². The van der Waals surface area contributed by atoms with E-state index in [0.717, 1.165) is 17.3 Å². The van der Waals surface area contributed by atoms with Gasteiger partial charge >= 0.3 is 0 Å². The number of nitrogens with zero attached hydrogens (tertiary/aromatic N) is 1. The Morgan fingerprint density at radius 3 is 2.92 bits per heavy atom. The van der Waals surface area contributed by atoms with Gasteiger partial charge in [0.2, 0.25) is 0 Å². The summed E-state index contributed by atoms with van der Waals surface area (Å²) in [6, 6.07) is 16.2. The highest BCUT2D eigenvalue weighted by Crippen LogP contribution is 2.26. The van der Waals surface area contributed by atoms with Crippen molar-refractivity contribution in [3.05, 3.63) is 71.4 Å². The Morgan fingerprint density at radius 2 is 2.00 bits per heavy atom. The summed E-state index contributed by atoms with van der Waals surface area (Å²) in [6.45, 7) is 1.19. The lowest BCUT2D eigenvalue weighted by Crippen LogP contribution is -2.31. The van der Waals surface area contributed by atoms with Gasteiger partial charge in [-0.3, -0.25) is 4.79 Å². The summed E-state index contributed by atoms with van der Waals surface area (Å²) >= 11 is 0. The first kappa shape index (κ1) is 15.0. The topological polar surface area (TPSA) is 43.3 Å². The highest BCUT2D eigenvalue weighted by molar-refractivity contribution is 6.06. The van der Waals surface area contributed by atoms with Gasteiger partial charge in [-0.15, -0.1) is 0 Å². The molecular formula is C20H20N2O2. The van der Waals surface area contributed by atoms with E-state index in [9.17, 15) is 4.79 Å². The van der Waals surface area contributed by atoms with Crippen molar-refractivity contribution in [3.8, 4) is 0 Å². The summed E-state index contributed by atoms with van der Waals surface area (Å²) in [5.74, 6) is -0.0570. The number of aryl methyl sites for hydroxylation is 1. The van der Waals surface area contributed by atoms with Crippen molar-refractivity contribution in [2.24, 2.45) is 7.05 Å². The molecule has 0 radical (unpaired) electrons. The van der Waals surface area contributed by atoms with Gasteiger partial charge in [-0.1, -0.05) is 42.5 Å². The molecule has 1 aliphatic rings. The SMILES string of the molecule is Cn1cc(C(=O)NC[C@H]2OCCc3ccccc32)c2ccccc21. The van der Waals surface area contributed by atoms with Crippen molar-refractivity contribution in [3.63, 3.8) is 0 Å². The summed E-state index contributed by atoms with van der Waals surface area (Å²) in [5, 5.41) is 4.01. The van der Waals surface area contributed by atoms with Gasteiger partial charge in [0.1, 0.15) is 6.10 Å². The van der Waals surface area contributed by atoms with E-state index < -0.39 is 0 Å². The number of carbonyl (C=O) groups excluding carboxylic acids is 1. The third-order valence-electron chi connectivity index (χ3n) is 4.68. The Balaban J connectivity index is 1.53. The molecule has 4 heteroatoms. The molecular weight excluding hydrogens is 300 g/mol. The number of aromatic nitrogens is 1. The molecule has 0 bridgehead atoms. The second kappa shape index (κ2) is 6.13. The van der Waals surface area contributed by atoms with Crippen LogP contribution in [0.15, 0.2) is 54.7 Å². The summed E-state index contributed by atoms with van der Waals surface area (Å²) in [7, 11) is 1.96. The van der Waals surface area contributed by atoms with Gasteiger partial charge in [-0.2, -0.15) is 0 Å². The third kappa shape index (κ3) is 2.59. The summed E-state index contributed by atoms with van der Waals surface area (Å²) < 4.78 is 7.85. The molecule has 0 aliphatic carbocycles. The van der Waals surface area contributed by atoms with E-state index in [1.54, 1.807) is 0 Å². The zero-order valence-electron chi connectivity index (χ0n) is 13.7. The van der Waals surface area contributed by atoms with Gasteiger partial charge in [-0.25, -0.2) is 0 Å². The predicted molar refractivity (Wildman–Crippen MR) is 94.1 cm³/mol. The second-order valence-electron chi connectivity index (χ2n) is 6.19. The van der Waals surface area contributed by atoms with E-state index in [2.05, 4.69) is 23.5 Å². The lowest BCUT2D eigenvalue weighted by molar-refractivity contribution is 0.0412. The minimum atomic E-state index is -0.0751. The van der Waals surface area contributed by atoms with Gasteiger partial charge in [0, 0.05) is 30.7 Å². The van der Waals surface area contributed by atoms with E-state index in [0.29, 0.717) is 18.7 Å². The van der Waals surface area contributed by atoms with Crippen LogP contribution in [0.25, 0.3) is 10.9 Å². The van der Waals surface area contributed by atoms with E-state index >= 15 is 0 Å². The molecule has 1 N–H and O–H groups in total. The van der Waals surface area contributed by atoms with Crippen LogP contribution >= 0.6 is 0 Å². The molecule has 0 saturated heterocycles. The normalized spacial score (nSPS) is 16.8. The molecule has 122 valence electrons. The number of fused-ring (bicyclic) bond motifs is 2. The quantitative estimate of drug-likeness (QED) is 0.805. The zero-order chi connectivity index (χ0) is 16.5. The van der Waals surface area contributed by atoms with Gasteiger partial charge in [0.25, 0.3) is 5.91 Å². The Hall–Kier alpha value is -2.59. The fraction of sp³-hybridized carbons (Fsp3) is 0.250. The minimum Gasteiger partial charge on any atom is -0.371 e. The maximum atomic E-state index is 12.6. The Bertz CT molecular complexity index is 898. The highest BCUT2D eigenvalue weighted by atomic mass is 16.5. The molecule has 4 nitrogen and oxygen atoms in total. The van der Waals surface area contributed by atoms with Crippen molar-refractivity contribution < 1.29 is 9.53 Å². The summed E-state index contributed by atoms with van der Waals surface area (Å²) in [4.78, 5) is 12.6. The summed E-state index contributed by atoms with van der Waals surface area (Å²) in [5.41, 5.74) is 4.26. The first-order valence-corrected chi connectivity index (χ1v) is 8.25. The number of benzene rings is 2. The minimum absolute atomic E-state index is 0.0570. The van der Waals surface area contributed by atoms with Crippen LogP contribution < -0.4 is 5.32 Å². The monoisotopic (exact) mass is 320 g/mol. The molecule has 0 spiro atoms. The maximum Gasteiger partial charge on any atom is 0.253 e. The molecule has 1 aliphatic heterocycles. The van der Waals surface area contributed by atoms with Gasteiger partial charge in [0.15, 0.2) is 0 Å². The number of carbonyl (C=O) groups is 1. The average molecular weight is 320 g/mol. The zero-order valence-corrected chi connectivity index (χ0v) is 13.7. The van der Waals surface area contributed by atoms with Crippen LogP contribution in [0.1, 0.15) is 27.6 Å². The molecule has 0 unspecified atom stereocenters. The molecule has 4 rings (SSSR count). The van der Waals surface area contributed by atoms with Crippen molar-refractivity contribution in [1.29, 1.82) is 0 Å². The molecule has 2 heterocycles. The van der Waals surface area contributed by atoms with Crippen molar-refractivity contribution in [2.75, 3.05) is 13.2 Å². The van der Waals surface area contributed by atoms with Gasteiger partial charge in [-0.05, 0) is 23.6 Å². The number of amides is 1. The van der Waals surface area contributed by atoms with E-state index in [1.807, 2.05) is 48.1 Å². The molecule has 3 aromatic rings. The summed E-state index contributed by atoms with van der Waals surface area (Å²) in [6.07, 6.45) is 2.74. The first-order chi connectivity index (χ1) is 11.7. The van der Waals surface area contributed by atoms with Crippen molar-refractivity contribution in [2.45, 2.75) is 12.5 Å². The van der Waals surface area contributed by atoms with Crippen LogP contribution in [0.5, 0.6) is 0 Å². The van der Waals surface area contributed by atoms with Crippen LogP contribution in [0, 0.1) is 0 Å². The number of para-hydroxylation sites is 1. The Kier molecular flexibility index (Phi) is 3.82. The van der Waals surface area contributed by atoms with Crippen molar-refractivity contribution >= 4 is 16.8 Å². The molecule has 0 saturated carbocycles. The molecule has 2 aromatic carbocycles. The van der Waals surface area contributed by atoms with E-state index in [4.69, 9.17) is 4.74 Å².